The maximum Gasteiger partial charge on any atom is 0.417 e. The summed E-state index contributed by atoms with van der Waals surface area (Å²) in [6.45, 7) is 0.847. The molecule has 1 aromatic carbocycles. The summed E-state index contributed by atoms with van der Waals surface area (Å²) in [4.78, 5) is 3.70. The first-order valence-corrected chi connectivity index (χ1v) is 6.01. The number of hydrogen-bond acceptors (Lipinski definition) is 3. The smallest absolute Gasteiger partial charge is 0.417 e. The number of nitrogens with zero attached hydrogens (tertiary/aromatic N) is 1. The Morgan fingerprint density at radius 3 is 2.40 bits per heavy atom. The van der Waals surface area contributed by atoms with Crippen molar-refractivity contribution in [2.24, 2.45) is 0 Å². The zero-order valence-electron chi connectivity index (χ0n) is 10.5. The normalized spacial score (nSPS) is 11.2. The Balaban J connectivity index is 1.77. The maximum absolute atomic E-state index is 12.3. The van der Waals surface area contributed by atoms with Crippen molar-refractivity contribution in [1.82, 2.24) is 4.98 Å². The fraction of sp³-hybridized carbons (Fsp3) is 0.214. The van der Waals surface area contributed by atoms with Crippen LogP contribution in [0.4, 0.5) is 19.0 Å². The number of para-hydroxylation sites is 1. The van der Waals surface area contributed by atoms with E-state index in [4.69, 9.17) is 4.74 Å². The third-order valence-corrected chi connectivity index (χ3v) is 2.51. The molecule has 0 saturated heterocycles. The summed E-state index contributed by atoms with van der Waals surface area (Å²) in [6, 6.07) is 11.6. The van der Waals surface area contributed by atoms with Crippen molar-refractivity contribution in [3.05, 3.63) is 54.2 Å². The van der Waals surface area contributed by atoms with E-state index in [1.54, 1.807) is 0 Å². The molecule has 0 saturated carbocycles. The van der Waals surface area contributed by atoms with Crippen molar-refractivity contribution in [2.45, 2.75) is 6.18 Å². The Kier molecular flexibility index (Phi) is 4.45. The highest BCUT2D eigenvalue weighted by Crippen LogP contribution is 2.28. The van der Waals surface area contributed by atoms with Gasteiger partial charge in [-0.1, -0.05) is 18.2 Å². The molecule has 106 valence electrons. The first-order valence-electron chi connectivity index (χ1n) is 6.01. The SMILES string of the molecule is FC(F)(F)c1ccc(NCCOc2ccccc2)nc1. The van der Waals surface area contributed by atoms with E-state index in [1.807, 2.05) is 30.3 Å². The molecule has 0 aliphatic rings. The zero-order valence-corrected chi connectivity index (χ0v) is 10.5. The number of rotatable bonds is 5. The van der Waals surface area contributed by atoms with Gasteiger partial charge in [0.05, 0.1) is 12.1 Å². The van der Waals surface area contributed by atoms with Gasteiger partial charge in [0.2, 0.25) is 0 Å². The Morgan fingerprint density at radius 2 is 1.80 bits per heavy atom. The Hall–Kier alpha value is -2.24. The van der Waals surface area contributed by atoms with Gasteiger partial charge in [0.25, 0.3) is 0 Å². The summed E-state index contributed by atoms with van der Waals surface area (Å²) in [7, 11) is 0. The number of anilines is 1. The molecule has 2 rings (SSSR count). The van der Waals surface area contributed by atoms with Gasteiger partial charge in [-0.3, -0.25) is 0 Å². The molecule has 6 heteroatoms. The summed E-state index contributed by atoms with van der Waals surface area (Å²) in [5.41, 5.74) is -0.761. The Morgan fingerprint density at radius 1 is 1.05 bits per heavy atom. The van der Waals surface area contributed by atoms with Crippen LogP contribution in [0.25, 0.3) is 0 Å². The lowest BCUT2D eigenvalue weighted by Gasteiger charge is -2.09. The van der Waals surface area contributed by atoms with Crippen molar-refractivity contribution in [2.75, 3.05) is 18.5 Å². The molecule has 0 aliphatic carbocycles. The average Bonchev–Trinajstić information content (AvgIpc) is 2.44. The van der Waals surface area contributed by atoms with Crippen LogP contribution in [-0.2, 0) is 6.18 Å². The number of ether oxygens (including phenoxy) is 1. The number of aromatic nitrogens is 1. The average molecular weight is 282 g/mol. The molecule has 3 nitrogen and oxygen atoms in total. The number of hydrogen-bond donors (Lipinski definition) is 1. The molecule has 0 amide bonds. The highest BCUT2D eigenvalue weighted by Gasteiger charge is 2.30. The quantitative estimate of drug-likeness (QED) is 0.851. The number of alkyl halides is 3. The lowest BCUT2D eigenvalue weighted by Crippen LogP contribution is -2.13. The fourth-order valence-corrected chi connectivity index (χ4v) is 1.53. The van der Waals surface area contributed by atoms with Crippen molar-refractivity contribution in [3.63, 3.8) is 0 Å². The molecule has 0 fully saturated rings. The van der Waals surface area contributed by atoms with Gasteiger partial charge in [-0.2, -0.15) is 13.2 Å². The van der Waals surface area contributed by atoms with Crippen LogP contribution < -0.4 is 10.1 Å². The Labute approximate surface area is 114 Å². The first kappa shape index (κ1) is 14.2. The van der Waals surface area contributed by atoms with Gasteiger partial charge in [-0.25, -0.2) is 4.98 Å². The molecule has 2 aromatic rings. The van der Waals surface area contributed by atoms with Crippen LogP contribution in [0.1, 0.15) is 5.56 Å². The van der Waals surface area contributed by atoms with Gasteiger partial charge < -0.3 is 10.1 Å². The van der Waals surface area contributed by atoms with E-state index in [9.17, 15) is 13.2 Å². The molecule has 0 spiro atoms. The summed E-state index contributed by atoms with van der Waals surface area (Å²) in [6.07, 6.45) is -3.55. The van der Waals surface area contributed by atoms with E-state index >= 15 is 0 Å². The van der Waals surface area contributed by atoms with Crippen LogP contribution in [0.15, 0.2) is 48.7 Å². The third kappa shape index (κ3) is 4.15. The van der Waals surface area contributed by atoms with Crippen molar-refractivity contribution in [1.29, 1.82) is 0 Å². The standard InChI is InChI=1S/C14H13F3N2O/c15-14(16,17)11-6-7-13(19-10-11)18-8-9-20-12-4-2-1-3-5-12/h1-7,10H,8-9H2,(H,18,19). The third-order valence-electron chi connectivity index (χ3n) is 2.51. The summed E-state index contributed by atoms with van der Waals surface area (Å²) < 4.78 is 42.4. The molecular weight excluding hydrogens is 269 g/mol. The van der Waals surface area contributed by atoms with Crippen molar-refractivity contribution < 1.29 is 17.9 Å². The molecule has 1 heterocycles. The first-order chi connectivity index (χ1) is 9.55. The van der Waals surface area contributed by atoms with Crippen LogP contribution in [0.5, 0.6) is 5.75 Å². The lowest BCUT2D eigenvalue weighted by atomic mass is 10.3. The maximum atomic E-state index is 12.3. The fourth-order valence-electron chi connectivity index (χ4n) is 1.53. The van der Waals surface area contributed by atoms with Gasteiger partial charge in [0, 0.05) is 6.20 Å². The highest BCUT2D eigenvalue weighted by atomic mass is 19.4. The minimum Gasteiger partial charge on any atom is -0.492 e. The topological polar surface area (TPSA) is 34.1 Å². The van der Waals surface area contributed by atoms with E-state index in [-0.39, 0.29) is 0 Å². The number of halogens is 3. The summed E-state index contributed by atoms with van der Waals surface area (Å²) in [5, 5.41) is 2.89. The van der Waals surface area contributed by atoms with Crippen molar-refractivity contribution >= 4 is 5.82 Å². The molecule has 0 aliphatic heterocycles. The number of benzene rings is 1. The van der Waals surface area contributed by atoms with Crippen LogP contribution >= 0.6 is 0 Å². The van der Waals surface area contributed by atoms with Gasteiger partial charge in [0.15, 0.2) is 0 Å². The molecular formula is C14H13F3N2O. The second-order valence-electron chi connectivity index (χ2n) is 4.02. The van der Waals surface area contributed by atoms with Crippen LogP contribution in [-0.4, -0.2) is 18.1 Å². The molecule has 0 radical (unpaired) electrons. The van der Waals surface area contributed by atoms with Gasteiger partial charge in [0.1, 0.15) is 18.2 Å². The second-order valence-corrected chi connectivity index (χ2v) is 4.02. The van der Waals surface area contributed by atoms with E-state index in [0.29, 0.717) is 19.0 Å². The minimum absolute atomic E-state index is 0.384. The van der Waals surface area contributed by atoms with E-state index < -0.39 is 11.7 Å². The van der Waals surface area contributed by atoms with Crippen molar-refractivity contribution in [3.8, 4) is 5.75 Å². The van der Waals surface area contributed by atoms with Gasteiger partial charge in [-0.05, 0) is 24.3 Å². The molecule has 0 unspecified atom stereocenters. The Bertz CT molecular complexity index is 526. The van der Waals surface area contributed by atoms with E-state index in [1.165, 1.54) is 6.07 Å². The molecule has 0 atom stereocenters. The van der Waals surface area contributed by atoms with Gasteiger partial charge in [-0.15, -0.1) is 0 Å². The largest absolute Gasteiger partial charge is 0.492 e. The van der Waals surface area contributed by atoms with Crippen LogP contribution in [0, 0.1) is 0 Å². The number of pyridine rings is 1. The highest BCUT2D eigenvalue weighted by molar-refractivity contribution is 5.36. The monoisotopic (exact) mass is 282 g/mol. The molecule has 1 aromatic heterocycles. The molecule has 0 bridgehead atoms. The summed E-state index contributed by atoms with van der Waals surface area (Å²) in [5.74, 6) is 1.13. The lowest BCUT2D eigenvalue weighted by molar-refractivity contribution is -0.137. The van der Waals surface area contributed by atoms with E-state index in [2.05, 4.69) is 10.3 Å². The number of nitrogens with one attached hydrogen (secondary N) is 1. The van der Waals surface area contributed by atoms with Crippen LogP contribution in [0.3, 0.4) is 0 Å². The predicted octanol–water partition coefficient (Wildman–Crippen LogP) is 3.59. The molecule has 1 N–H and O–H groups in total. The molecule has 20 heavy (non-hydrogen) atoms. The van der Waals surface area contributed by atoms with Gasteiger partial charge >= 0.3 is 6.18 Å². The second kappa shape index (κ2) is 6.27. The predicted molar refractivity (Wildman–Crippen MR) is 69.7 cm³/mol. The van der Waals surface area contributed by atoms with E-state index in [0.717, 1.165) is 18.0 Å². The van der Waals surface area contributed by atoms with Crippen LogP contribution in [0.2, 0.25) is 0 Å². The summed E-state index contributed by atoms with van der Waals surface area (Å²) >= 11 is 0. The zero-order chi connectivity index (χ0) is 14.4. The minimum atomic E-state index is -4.36.